The average Bonchev–Trinajstić information content (AvgIpc) is 3.05. The van der Waals surface area contributed by atoms with Crippen molar-refractivity contribution < 1.29 is 58.4 Å². The number of hydrogen-bond acceptors (Lipinski definition) is 13. The minimum absolute atomic E-state index is 0.155. The molecule has 0 aromatic carbocycles. The van der Waals surface area contributed by atoms with Gasteiger partial charge in [0, 0.05) is 37.3 Å². The number of ketones is 1. The molecule has 0 unspecified atom stereocenters. The highest BCUT2D eigenvalue weighted by atomic mass is 16.7. The van der Waals surface area contributed by atoms with Crippen LogP contribution in [0.2, 0.25) is 0 Å². The van der Waals surface area contributed by atoms with Crippen LogP contribution >= 0.6 is 0 Å². The molecule has 0 saturated carbocycles. The average molecular weight is 718 g/mol. The third-order valence-corrected chi connectivity index (χ3v) is 11.8. The highest BCUT2D eigenvalue weighted by molar-refractivity contribution is 5.83. The Balaban J connectivity index is 2.17. The summed E-state index contributed by atoms with van der Waals surface area (Å²) in [7, 11) is 3.28. The smallest absolute Gasteiger partial charge is 0.311 e. The van der Waals surface area contributed by atoms with E-state index in [1.54, 1.807) is 48.6 Å². The number of carbonyl (C=O) groups excluding carboxylic acids is 2. The van der Waals surface area contributed by atoms with E-state index in [9.17, 15) is 30.0 Å². The highest BCUT2D eigenvalue weighted by Gasteiger charge is 2.52. The molecule has 17 atom stereocenters. The van der Waals surface area contributed by atoms with E-state index in [4.69, 9.17) is 28.4 Å². The van der Waals surface area contributed by atoms with Gasteiger partial charge in [0.15, 0.2) is 12.6 Å². The first kappa shape index (κ1) is 43.1. The molecule has 0 radical (unpaired) electrons. The van der Waals surface area contributed by atoms with Crippen LogP contribution in [0.4, 0.5) is 0 Å². The van der Waals surface area contributed by atoms with E-state index >= 15 is 0 Å². The number of aliphatic hydroxyl groups excluding tert-OH is 3. The van der Waals surface area contributed by atoms with E-state index in [-0.39, 0.29) is 30.8 Å². The SMILES string of the molecule is CC[C@H]1OC(=O)[C@H](C)[C@@H](O[C@H]2C[C@@](C)(OC)[C@@H](O)[C@H](C)O2)[C@H](C)[C@@H](O[C@@H]2O[C@H](C)C[C@H](NC)[C@H]2O)C(C)(C)C[C@@H](C)C(=O)[C@H](C)[C@@H](O)[C@]1(C)O. The quantitative estimate of drug-likeness (QED) is 0.243. The van der Waals surface area contributed by atoms with Crippen molar-refractivity contribution in [2.24, 2.45) is 29.1 Å². The minimum atomic E-state index is -1.93. The number of nitrogens with one attached hydrogen (secondary N) is 1. The molecule has 0 amide bonds. The molecule has 13 heteroatoms. The van der Waals surface area contributed by atoms with Crippen LogP contribution in [-0.4, -0.2) is 125 Å². The van der Waals surface area contributed by atoms with Crippen molar-refractivity contribution in [3.63, 3.8) is 0 Å². The molecule has 3 saturated heterocycles. The van der Waals surface area contributed by atoms with E-state index in [1.807, 2.05) is 27.7 Å². The normalized spacial score (nSPS) is 48.5. The van der Waals surface area contributed by atoms with Gasteiger partial charge in [0.2, 0.25) is 0 Å². The molecule has 0 aromatic heterocycles. The predicted molar refractivity (Wildman–Crippen MR) is 185 cm³/mol. The Kier molecular flexibility index (Phi) is 14.5. The van der Waals surface area contributed by atoms with Crippen LogP contribution in [0.5, 0.6) is 0 Å². The van der Waals surface area contributed by atoms with E-state index in [2.05, 4.69) is 5.32 Å². The second kappa shape index (κ2) is 16.8. The number of methoxy groups -OCH3 is 1. The summed E-state index contributed by atoms with van der Waals surface area (Å²) in [6, 6.07) is -0.293. The van der Waals surface area contributed by atoms with Crippen LogP contribution in [0.3, 0.4) is 0 Å². The van der Waals surface area contributed by atoms with Crippen LogP contribution < -0.4 is 5.32 Å². The van der Waals surface area contributed by atoms with Gasteiger partial charge in [-0.15, -0.1) is 0 Å². The maximum Gasteiger partial charge on any atom is 0.311 e. The molecule has 0 bridgehead atoms. The standard InChI is InChI=1S/C37H67NO12/c1-14-25-37(11,44)30(41)20(4)27(39)18(2)16-35(8,9)32(50-34-28(40)24(38-12)15-19(3)46-34)21(5)29(22(6)33(43)48-25)49-26-17-36(10,45-13)31(42)23(7)47-26/h18-26,28-32,34,38,40-42,44H,14-17H2,1-13H3/t18-,19-,20+,21+,22-,23+,24+,25-,26+,28-,29+,30-,31+,32-,34+,36-,37-/m1/s1. The van der Waals surface area contributed by atoms with Gasteiger partial charge in [0.25, 0.3) is 0 Å². The Morgan fingerprint density at radius 1 is 0.900 bits per heavy atom. The van der Waals surface area contributed by atoms with Gasteiger partial charge < -0.3 is 54.2 Å². The summed E-state index contributed by atoms with van der Waals surface area (Å²) in [6.45, 7) is 19.4. The van der Waals surface area contributed by atoms with Crippen molar-refractivity contribution in [3.05, 3.63) is 0 Å². The topological polar surface area (TPSA) is 182 Å². The largest absolute Gasteiger partial charge is 0.459 e. The summed E-state index contributed by atoms with van der Waals surface area (Å²) in [5, 5.41) is 48.4. The van der Waals surface area contributed by atoms with Crippen molar-refractivity contribution in [1.82, 2.24) is 5.32 Å². The van der Waals surface area contributed by atoms with Crippen molar-refractivity contribution >= 4 is 11.8 Å². The van der Waals surface area contributed by atoms with Crippen LogP contribution in [0.25, 0.3) is 0 Å². The van der Waals surface area contributed by atoms with E-state index in [0.717, 1.165) is 0 Å². The van der Waals surface area contributed by atoms with Gasteiger partial charge >= 0.3 is 5.97 Å². The molecule has 0 aliphatic carbocycles. The van der Waals surface area contributed by atoms with Crippen LogP contribution in [-0.2, 0) is 38.0 Å². The number of Topliss-reactive ketones (excluding diaryl/α,β-unsaturated/α-hetero) is 1. The molecule has 13 nitrogen and oxygen atoms in total. The maximum atomic E-state index is 14.1. The van der Waals surface area contributed by atoms with Crippen molar-refractivity contribution in [2.75, 3.05) is 14.2 Å². The first-order valence-corrected chi connectivity index (χ1v) is 18.4. The van der Waals surface area contributed by atoms with Crippen LogP contribution in [0.1, 0.15) is 102 Å². The van der Waals surface area contributed by atoms with Crippen LogP contribution in [0.15, 0.2) is 0 Å². The fraction of sp³-hybridized carbons (Fsp3) is 0.946. The maximum absolute atomic E-state index is 14.1. The lowest BCUT2D eigenvalue weighted by Gasteiger charge is -2.49. The van der Waals surface area contributed by atoms with E-state index < -0.39 is 102 Å². The number of hydrogen-bond donors (Lipinski definition) is 5. The summed E-state index contributed by atoms with van der Waals surface area (Å²) in [5.74, 6) is -4.02. The third-order valence-electron chi connectivity index (χ3n) is 11.8. The zero-order valence-electron chi connectivity index (χ0n) is 32.5. The van der Waals surface area contributed by atoms with Gasteiger partial charge in [-0.05, 0) is 66.3 Å². The predicted octanol–water partition coefficient (Wildman–Crippen LogP) is 2.72. The van der Waals surface area contributed by atoms with Crippen LogP contribution in [0, 0.1) is 29.1 Å². The second-order valence-corrected chi connectivity index (χ2v) is 16.5. The van der Waals surface area contributed by atoms with Gasteiger partial charge in [0.1, 0.15) is 29.7 Å². The molecule has 3 fully saturated rings. The molecule has 3 aliphatic heterocycles. The lowest BCUT2D eigenvalue weighted by molar-refractivity contribution is -0.311. The first-order chi connectivity index (χ1) is 23.1. The molecule has 5 N–H and O–H groups in total. The Hall–Kier alpha value is -1.26. The number of cyclic esters (lactones) is 1. The summed E-state index contributed by atoms with van der Waals surface area (Å²) >= 11 is 0. The summed E-state index contributed by atoms with van der Waals surface area (Å²) < 4.78 is 37.5. The van der Waals surface area contributed by atoms with Gasteiger partial charge in [-0.2, -0.15) is 0 Å². The number of rotatable bonds is 7. The Bertz CT molecular complexity index is 1140. The molecule has 3 heterocycles. The fourth-order valence-electron chi connectivity index (χ4n) is 8.56. The van der Waals surface area contributed by atoms with Gasteiger partial charge in [0.05, 0.1) is 42.0 Å². The summed E-state index contributed by atoms with van der Waals surface area (Å²) in [5.41, 5.74) is -3.72. The molecular weight excluding hydrogens is 650 g/mol. The van der Waals surface area contributed by atoms with E-state index in [0.29, 0.717) is 12.8 Å². The number of esters is 1. The van der Waals surface area contributed by atoms with Gasteiger partial charge in [-0.1, -0.05) is 41.5 Å². The minimum Gasteiger partial charge on any atom is -0.459 e. The number of ether oxygens (including phenoxy) is 6. The lowest BCUT2D eigenvalue weighted by Crippen LogP contribution is -2.59. The lowest BCUT2D eigenvalue weighted by atomic mass is 9.69. The Morgan fingerprint density at radius 2 is 1.52 bits per heavy atom. The Morgan fingerprint density at radius 3 is 2.08 bits per heavy atom. The fourth-order valence-corrected chi connectivity index (χ4v) is 8.56. The second-order valence-electron chi connectivity index (χ2n) is 16.5. The first-order valence-electron chi connectivity index (χ1n) is 18.4. The summed E-state index contributed by atoms with van der Waals surface area (Å²) in [4.78, 5) is 28.0. The zero-order valence-corrected chi connectivity index (χ0v) is 32.5. The molecule has 50 heavy (non-hydrogen) atoms. The third kappa shape index (κ3) is 9.09. The van der Waals surface area contributed by atoms with Crippen molar-refractivity contribution in [1.29, 1.82) is 0 Å². The molecule has 292 valence electrons. The highest BCUT2D eigenvalue weighted by Crippen LogP contribution is 2.43. The molecule has 3 rings (SSSR count). The molecular formula is C37H67NO12. The number of aliphatic hydroxyl groups is 4. The molecule has 3 aliphatic rings. The number of carbonyl (C=O) groups is 2. The molecule has 0 spiro atoms. The van der Waals surface area contributed by atoms with Gasteiger partial charge in [-0.25, -0.2) is 0 Å². The van der Waals surface area contributed by atoms with Gasteiger partial charge in [-0.3, -0.25) is 9.59 Å². The van der Waals surface area contributed by atoms with E-state index in [1.165, 1.54) is 14.0 Å². The zero-order chi connectivity index (χ0) is 38.1. The van der Waals surface area contributed by atoms with Crippen molar-refractivity contribution in [3.8, 4) is 0 Å². The summed E-state index contributed by atoms with van der Waals surface area (Å²) in [6.07, 6.45) is -7.89. The van der Waals surface area contributed by atoms with Crippen molar-refractivity contribution in [2.45, 2.75) is 181 Å². The molecule has 0 aromatic rings. The number of likely N-dealkylation sites (N-methyl/N-ethyl adjacent to an activating group) is 1. The monoisotopic (exact) mass is 717 g/mol. The Labute approximate surface area is 299 Å².